The van der Waals surface area contributed by atoms with Crippen LogP contribution < -0.4 is 5.32 Å². The second-order valence-corrected chi connectivity index (χ2v) is 5.88. The van der Waals surface area contributed by atoms with Crippen LogP contribution >= 0.6 is 0 Å². The molecule has 1 saturated heterocycles. The zero-order valence-corrected chi connectivity index (χ0v) is 13.4. The third-order valence-electron chi connectivity index (χ3n) is 4.28. The lowest BCUT2D eigenvalue weighted by atomic mass is 10.1. The van der Waals surface area contributed by atoms with Gasteiger partial charge in [0, 0.05) is 56.6 Å². The van der Waals surface area contributed by atoms with Gasteiger partial charge in [-0.05, 0) is 32.8 Å². The van der Waals surface area contributed by atoms with E-state index in [0.717, 1.165) is 38.4 Å². The Labute approximate surface area is 131 Å². The van der Waals surface area contributed by atoms with Gasteiger partial charge in [-0.15, -0.1) is 0 Å². The van der Waals surface area contributed by atoms with Gasteiger partial charge in [0.2, 0.25) is 0 Å². The van der Waals surface area contributed by atoms with Crippen LogP contribution in [-0.4, -0.2) is 38.0 Å². The first-order valence-corrected chi connectivity index (χ1v) is 8.14. The van der Waals surface area contributed by atoms with Crippen molar-refractivity contribution in [2.75, 3.05) is 6.61 Å². The predicted molar refractivity (Wildman–Crippen MR) is 84.4 cm³/mol. The highest BCUT2D eigenvalue weighted by molar-refractivity contribution is 5.03. The van der Waals surface area contributed by atoms with E-state index in [2.05, 4.69) is 33.8 Å². The van der Waals surface area contributed by atoms with Gasteiger partial charge in [-0.25, -0.2) is 4.98 Å². The Morgan fingerprint density at radius 3 is 3.09 bits per heavy atom. The zero-order chi connectivity index (χ0) is 15.4. The van der Waals surface area contributed by atoms with Crippen LogP contribution in [-0.2, 0) is 17.8 Å². The Kier molecular flexibility index (Phi) is 4.90. The molecule has 0 bridgehead atoms. The van der Waals surface area contributed by atoms with Crippen molar-refractivity contribution in [3.8, 4) is 0 Å². The Bertz CT molecular complexity index is 565. The Morgan fingerprint density at radius 2 is 2.32 bits per heavy atom. The largest absolute Gasteiger partial charge is 0.369 e. The molecular weight excluding hydrogens is 278 g/mol. The lowest BCUT2D eigenvalue weighted by Gasteiger charge is -2.24. The second-order valence-electron chi connectivity index (χ2n) is 5.88. The average molecular weight is 303 g/mol. The zero-order valence-electron chi connectivity index (χ0n) is 13.4. The standard InChI is InChI=1S/C16H25N5O/c1-3-20-11-8-17-16(20)15-14(6-12-22-15)19-13(2)5-10-21-9-4-7-18-21/h4,7-9,11,13-15,19H,3,5-6,10,12H2,1-2H3/t13?,14-,15-/m0/s1. The summed E-state index contributed by atoms with van der Waals surface area (Å²) in [5, 5.41) is 7.96. The van der Waals surface area contributed by atoms with E-state index in [1.165, 1.54) is 0 Å². The fraction of sp³-hybridized carbons (Fsp3) is 0.625. The van der Waals surface area contributed by atoms with Crippen molar-refractivity contribution in [1.82, 2.24) is 24.6 Å². The third kappa shape index (κ3) is 3.39. The molecule has 3 rings (SSSR count). The fourth-order valence-corrected chi connectivity index (χ4v) is 3.07. The molecule has 1 unspecified atom stereocenters. The molecule has 1 aliphatic rings. The summed E-state index contributed by atoms with van der Waals surface area (Å²) in [6.07, 6.45) is 9.85. The maximum absolute atomic E-state index is 5.94. The summed E-state index contributed by atoms with van der Waals surface area (Å²) < 4.78 is 10.1. The van der Waals surface area contributed by atoms with E-state index in [4.69, 9.17) is 4.74 Å². The van der Waals surface area contributed by atoms with Crippen molar-refractivity contribution in [3.63, 3.8) is 0 Å². The van der Waals surface area contributed by atoms with Crippen LogP contribution in [0.5, 0.6) is 0 Å². The molecule has 6 heteroatoms. The van der Waals surface area contributed by atoms with Gasteiger partial charge in [0.1, 0.15) is 11.9 Å². The fourth-order valence-electron chi connectivity index (χ4n) is 3.07. The summed E-state index contributed by atoms with van der Waals surface area (Å²) in [4.78, 5) is 4.50. The lowest BCUT2D eigenvalue weighted by molar-refractivity contribution is 0.0865. The molecule has 0 aliphatic carbocycles. The topological polar surface area (TPSA) is 56.9 Å². The summed E-state index contributed by atoms with van der Waals surface area (Å²) in [5.74, 6) is 1.04. The van der Waals surface area contributed by atoms with Crippen molar-refractivity contribution in [2.24, 2.45) is 0 Å². The first-order valence-electron chi connectivity index (χ1n) is 8.14. The van der Waals surface area contributed by atoms with Crippen molar-refractivity contribution in [1.29, 1.82) is 0 Å². The molecule has 6 nitrogen and oxygen atoms in total. The Hall–Kier alpha value is -1.66. The van der Waals surface area contributed by atoms with Crippen molar-refractivity contribution in [3.05, 3.63) is 36.7 Å². The van der Waals surface area contributed by atoms with Crippen molar-refractivity contribution >= 4 is 0 Å². The van der Waals surface area contributed by atoms with Crippen LogP contribution in [0.4, 0.5) is 0 Å². The molecule has 3 heterocycles. The average Bonchev–Trinajstić information content (AvgIpc) is 3.25. The number of rotatable bonds is 7. The van der Waals surface area contributed by atoms with Crippen molar-refractivity contribution < 1.29 is 4.74 Å². The molecular formula is C16H25N5O. The number of hydrogen-bond donors (Lipinski definition) is 1. The molecule has 0 amide bonds. The van der Waals surface area contributed by atoms with E-state index in [9.17, 15) is 0 Å². The number of aryl methyl sites for hydroxylation is 2. The number of ether oxygens (including phenoxy) is 1. The van der Waals surface area contributed by atoms with E-state index in [-0.39, 0.29) is 6.10 Å². The van der Waals surface area contributed by atoms with Crippen LogP contribution in [0.3, 0.4) is 0 Å². The summed E-state index contributed by atoms with van der Waals surface area (Å²) in [6, 6.07) is 2.72. The van der Waals surface area contributed by atoms with Crippen LogP contribution in [0.15, 0.2) is 30.9 Å². The van der Waals surface area contributed by atoms with Gasteiger partial charge in [-0.1, -0.05) is 0 Å². The molecule has 1 N–H and O–H groups in total. The van der Waals surface area contributed by atoms with E-state index in [1.807, 2.05) is 35.5 Å². The van der Waals surface area contributed by atoms with Crippen LogP contribution in [0, 0.1) is 0 Å². The molecule has 120 valence electrons. The van der Waals surface area contributed by atoms with Gasteiger partial charge in [-0.2, -0.15) is 5.10 Å². The smallest absolute Gasteiger partial charge is 0.139 e. The molecule has 0 aromatic carbocycles. The molecule has 0 spiro atoms. The molecule has 3 atom stereocenters. The number of aromatic nitrogens is 4. The molecule has 22 heavy (non-hydrogen) atoms. The van der Waals surface area contributed by atoms with Gasteiger partial charge < -0.3 is 14.6 Å². The highest BCUT2D eigenvalue weighted by atomic mass is 16.5. The molecule has 1 aliphatic heterocycles. The summed E-state index contributed by atoms with van der Waals surface area (Å²) in [5.41, 5.74) is 0. The molecule has 1 fully saturated rings. The second kappa shape index (κ2) is 7.07. The van der Waals surface area contributed by atoms with Gasteiger partial charge >= 0.3 is 0 Å². The van der Waals surface area contributed by atoms with Gasteiger partial charge in [-0.3, -0.25) is 4.68 Å². The molecule has 0 radical (unpaired) electrons. The van der Waals surface area contributed by atoms with Gasteiger partial charge in [0.05, 0.1) is 0 Å². The minimum absolute atomic E-state index is 0.0575. The number of hydrogen-bond acceptors (Lipinski definition) is 4. The number of imidazole rings is 1. The van der Waals surface area contributed by atoms with E-state index >= 15 is 0 Å². The first-order chi connectivity index (χ1) is 10.8. The van der Waals surface area contributed by atoms with Gasteiger partial charge in [0.15, 0.2) is 0 Å². The summed E-state index contributed by atoms with van der Waals surface area (Å²) in [7, 11) is 0. The molecule has 2 aromatic rings. The minimum Gasteiger partial charge on any atom is -0.369 e. The minimum atomic E-state index is 0.0575. The molecule has 2 aromatic heterocycles. The maximum atomic E-state index is 5.94. The van der Waals surface area contributed by atoms with E-state index in [1.54, 1.807) is 0 Å². The van der Waals surface area contributed by atoms with Crippen LogP contribution in [0.1, 0.15) is 38.6 Å². The number of nitrogens with one attached hydrogen (secondary N) is 1. The molecule has 0 saturated carbocycles. The summed E-state index contributed by atoms with van der Waals surface area (Å²) in [6.45, 7) is 7.02. The Balaban J connectivity index is 1.56. The van der Waals surface area contributed by atoms with E-state index < -0.39 is 0 Å². The Morgan fingerprint density at radius 1 is 1.41 bits per heavy atom. The van der Waals surface area contributed by atoms with E-state index in [0.29, 0.717) is 12.1 Å². The number of nitrogens with zero attached hydrogens (tertiary/aromatic N) is 4. The van der Waals surface area contributed by atoms with Crippen LogP contribution in [0.25, 0.3) is 0 Å². The highest BCUT2D eigenvalue weighted by Crippen LogP contribution is 2.28. The summed E-state index contributed by atoms with van der Waals surface area (Å²) >= 11 is 0. The van der Waals surface area contributed by atoms with Crippen molar-refractivity contribution in [2.45, 2.75) is 58.0 Å². The SMILES string of the molecule is CCn1ccnc1[C@H]1OCC[C@@H]1NC(C)CCn1cccn1. The quantitative estimate of drug-likeness (QED) is 0.850. The third-order valence-corrected chi connectivity index (χ3v) is 4.28. The van der Waals surface area contributed by atoms with Crippen LogP contribution in [0.2, 0.25) is 0 Å². The van der Waals surface area contributed by atoms with Gasteiger partial charge in [0.25, 0.3) is 0 Å². The highest BCUT2D eigenvalue weighted by Gasteiger charge is 2.33. The predicted octanol–water partition coefficient (Wildman–Crippen LogP) is 2.00. The maximum Gasteiger partial charge on any atom is 0.139 e. The monoisotopic (exact) mass is 303 g/mol. The lowest BCUT2D eigenvalue weighted by Crippen LogP contribution is -2.39. The first kappa shape index (κ1) is 15.2. The normalized spacial score (nSPS) is 23.0.